The van der Waals surface area contributed by atoms with Crippen molar-refractivity contribution in [3.8, 4) is 55.9 Å². The minimum atomic E-state index is -0.401. The van der Waals surface area contributed by atoms with Crippen LogP contribution in [0.5, 0.6) is 0 Å². The van der Waals surface area contributed by atoms with E-state index in [1.807, 2.05) is 24.4 Å². The Morgan fingerprint density at radius 2 is 0.882 bits per heavy atom. The standard InChI is InChI=1S/C49H30N2/c1-5-15-42-35(11-1)36-12-2-6-16-43(36)49(42)44-17-7-3-13-37(44)40-29-39-38-14-4-8-19-47(38)51-48(41(39)30-45(40)49)34-26-22-32(23-27-34)31-20-24-33(25-21-31)46-18-9-10-28-50-46/h1-30H. The summed E-state index contributed by atoms with van der Waals surface area (Å²) in [5.74, 6) is 0. The molecule has 1 spiro atoms. The highest BCUT2D eigenvalue weighted by atomic mass is 14.7. The lowest BCUT2D eigenvalue weighted by Crippen LogP contribution is -2.25. The maximum Gasteiger partial charge on any atom is 0.0788 e. The van der Waals surface area contributed by atoms with E-state index < -0.39 is 5.41 Å². The second-order valence-corrected chi connectivity index (χ2v) is 13.7. The molecule has 0 radical (unpaired) electrons. The van der Waals surface area contributed by atoms with Crippen molar-refractivity contribution in [2.24, 2.45) is 0 Å². The highest BCUT2D eigenvalue weighted by Crippen LogP contribution is 2.63. The number of aromatic nitrogens is 2. The predicted octanol–water partition coefficient (Wildman–Crippen LogP) is 12.1. The zero-order valence-corrected chi connectivity index (χ0v) is 27.7. The van der Waals surface area contributed by atoms with Crippen LogP contribution < -0.4 is 0 Å². The fourth-order valence-corrected chi connectivity index (χ4v) is 8.94. The summed E-state index contributed by atoms with van der Waals surface area (Å²) < 4.78 is 0. The van der Waals surface area contributed by atoms with Gasteiger partial charge in [0.15, 0.2) is 0 Å². The van der Waals surface area contributed by atoms with Crippen LogP contribution in [0.25, 0.3) is 77.6 Å². The maximum atomic E-state index is 5.39. The summed E-state index contributed by atoms with van der Waals surface area (Å²) in [5.41, 5.74) is 17.8. The van der Waals surface area contributed by atoms with Gasteiger partial charge in [-0.15, -0.1) is 0 Å². The third-order valence-corrected chi connectivity index (χ3v) is 11.2. The summed E-state index contributed by atoms with van der Waals surface area (Å²) in [7, 11) is 0. The summed E-state index contributed by atoms with van der Waals surface area (Å²) in [6.07, 6.45) is 1.84. The Labute approximate surface area is 296 Å². The minimum absolute atomic E-state index is 0.401. The normalized spacial score (nSPS) is 13.3. The molecule has 2 heteroatoms. The molecular weight excluding hydrogens is 617 g/mol. The lowest BCUT2D eigenvalue weighted by molar-refractivity contribution is 0.795. The van der Waals surface area contributed by atoms with Crippen molar-refractivity contribution in [1.82, 2.24) is 9.97 Å². The van der Waals surface area contributed by atoms with Crippen molar-refractivity contribution in [3.05, 3.63) is 204 Å². The van der Waals surface area contributed by atoms with E-state index in [-0.39, 0.29) is 0 Å². The van der Waals surface area contributed by atoms with Crippen molar-refractivity contribution in [2.45, 2.75) is 5.41 Å². The summed E-state index contributed by atoms with van der Waals surface area (Å²) in [5, 5.41) is 3.58. The van der Waals surface area contributed by atoms with Gasteiger partial charge >= 0.3 is 0 Å². The molecule has 51 heavy (non-hydrogen) atoms. The van der Waals surface area contributed by atoms with Crippen LogP contribution in [0, 0.1) is 0 Å². The van der Waals surface area contributed by atoms with E-state index in [9.17, 15) is 0 Å². The SMILES string of the molecule is c1ccc(-c2ccc(-c3ccc(-c4nc5ccccc5c5cc6c(cc45)C4(c5ccccc5-c5ccccc54)c4ccccc4-6)cc3)cc2)nc1. The van der Waals surface area contributed by atoms with Crippen molar-refractivity contribution in [1.29, 1.82) is 0 Å². The van der Waals surface area contributed by atoms with Gasteiger partial charge in [0.05, 0.1) is 22.3 Å². The van der Waals surface area contributed by atoms with Gasteiger partial charge in [-0.2, -0.15) is 0 Å². The van der Waals surface area contributed by atoms with Gasteiger partial charge in [0, 0.05) is 28.1 Å². The fraction of sp³-hybridized carbons (Fsp3) is 0.0204. The van der Waals surface area contributed by atoms with Crippen molar-refractivity contribution >= 4 is 21.7 Å². The molecule has 236 valence electrons. The number of hydrogen-bond donors (Lipinski definition) is 0. The average Bonchev–Trinajstić information content (AvgIpc) is 3.67. The van der Waals surface area contributed by atoms with Crippen LogP contribution in [0.3, 0.4) is 0 Å². The second kappa shape index (κ2) is 10.7. The second-order valence-electron chi connectivity index (χ2n) is 13.7. The van der Waals surface area contributed by atoms with Crippen molar-refractivity contribution in [3.63, 3.8) is 0 Å². The first-order valence-corrected chi connectivity index (χ1v) is 17.6. The van der Waals surface area contributed by atoms with Crippen molar-refractivity contribution < 1.29 is 0 Å². The number of fused-ring (bicyclic) bond motifs is 13. The van der Waals surface area contributed by atoms with E-state index in [2.05, 4.69) is 163 Å². The zero-order chi connectivity index (χ0) is 33.5. The van der Waals surface area contributed by atoms with E-state index in [0.29, 0.717) is 0 Å². The first-order valence-electron chi connectivity index (χ1n) is 17.6. The highest BCUT2D eigenvalue weighted by molar-refractivity contribution is 6.14. The van der Waals surface area contributed by atoms with E-state index in [0.717, 1.165) is 28.0 Å². The van der Waals surface area contributed by atoms with Gasteiger partial charge in [-0.05, 0) is 91.4 Å². The van der Waals surface area contributed by atoms with Gasteiger partial charge in [0.25, 0.3) is 0 Å². The lowest BCUT2D eigenvalue weighted by atomic mass is 9.70. The molecule has 0 saturated heterocycles. The Hall–Kier alpha value is -6.64. The Bertz CT molecular complexity index is 2790. The Kier molecular flexibility index (Phi) is 5.91. The van der Waals surface area contributed by atoms with Crippen LogP contribution in [-0.4, -0.2) is 9.97 Å². The molecule has 2 aliphatic rings. The van der Waals surface area contributed by atoms with Crippen LogP contribution in [0.15, 0.2) is 182 Å². The summed E-state index contributed by atoms with van der Waals surface area (Å²) >= 11 is 0. The number of rotatable bonds is 3. The van der Waals surface area contributed by atoms with Crippen LogP contribution >= 0.6 is 0 Å². The third-order valence-electron chi connectivity index (χ3n) is 11.2. The molecular formula is C49H30N2. The molecule has 2 aromatic heterocycles. The topological polar surface area (TPSA) is 25.8 Å². The molecule has 7 aromatic carbocycles. The molecule has 0 bridgehead atoms. The largest absolute Gasteiger partial charge is 0.256 e. The number of benzene rings is 7. The Balaban J connectivity index is 1.13. The molecule has 0 aliphatic heterocycles. The van der Waals surface area contributed by atoms with Crippen LogP contribution in [0.4, 0.5) is 0 Å². The Morgan fingerprint density at radius 3 is 1.51 bits per heavy atom. The quantitative estimate of drug-likeness (QED) is 0.179. The maximum absolute atomic E-state index is 5.39. The minimum Gasteiger partial charge on any atom is -0.256 e. The molecule has 2 nitrogen and oxygen atoms in total. The van der Waals surface area contributed by atoms with Crippen molar-refractivity contribution in [2.75, 3.05) is 0 Å². The molecule has 0 fully saturated rings. The van der Waals surface area contributed by atoms with Gasteiger partial charge in [-0.3, -0.25) is 4.98 Å². The molecule has 0 unspecified atom stereocenters. The van der Waals surface area contributed by atoms with Crippen LogP contribution in [-0.2, 0) is 5.41 Å². The molecule has 2 heterocycles. The van der Waals surface area contributed by atoms with E-state index >= 15 is 0 Å². The zero-order valence-electron chi connectivity index (χ0n) is 27.7. The first-order chi connectivity index (χ1) is 25.3. The predicted molar refractivity (Wildman–Crippen MR) is 210 cm³/mol. The van der Waals surface area contributed by atoms with Gasteiger partial charge in [-0.25, -0.2) is 4.98 Å². The summed E-state index contributed by atoms with van der Waals surface area (Å²) in [6.45, 7) is 0. The fourth-order valence-electron chi connectivity index (χ4n) is 8.94. The molecule has 0 amide bonds. The lowest BCUT2D eigenvalue weighted by Gasteiger charge is -2.30. The van der Waals surface area contributed by atoms with E-state index in [1.165, 1.54) is 71.8 Å². The molecule has 2 aliphatic carbocycles. The number of nitrogens with zero attached hydrogens (tertiary/aromatic N) is 2. The van der Waals surface area contributed by atoms with Crippen LogP contribution in [0.2, 0.25) is 0 Å². The van der Waals surface area contributed by atoms with Gasteiger partial charge in [0.2, 0.25) is 0 Å². The molecule has 0 N–H and O–H groups in total. The van der Waals surface area contributed by atoms with Gasteiger partial charge in [0.1, 0.15) is 0 Å². The van der Waals surface area contributed by atoms with Gasteiger partial charge < -0.3 is 0 Å². The Morgan fingerprint density at radius 1 is 0.353 bits per heavy atom. The smallest absolute Gasteiger partial charge is 0.0788 e. The van der Waals surface area contributed by atoms with Gasteiger partial charge in [-0.1, -0.05) is 146 Å². The summed E-state index contributed by atoms with van der Waals surface area (Å²) in [4.78, 5) is 9.91. The third kappa shape index (κ3) is 3.93. The average molecular weight is 647 g/mol. The molecule has 0 saturated carbocycles. The van der Waals surface area contributed by atoms with E-state index in [4.69, 9.17) is 4.98 Å². The number of para-hydroxylation sites is 1. The first kappa shape index (κ1) is 28.2. The number of pyridine rings is 2. The van der Waals surface area contributed by atoms with E-state index in [1.54, 1.807) is 0 Å². The molecule has 9 aromatic rings. The highest BCUT2D eigenvalue weighted by Gasteiger charge is 2.51. The number of hydrogen-bond acceptors (Lipinski definition) is 2. The molecule has 0 atom stereocenters. The monoisotopic (exact) mass is 646 g/mol. The van der Waals surface area contributed by atoms with Crippen LogP contribution in [0.1, 0.15) is 22.3 Å². The summed E-state index contributed by atoms with van der Waals surface area (Å²) in [6, 6.07) is 64.1. The molecule has 11 rings (SSSR count).